The lowest BCUT2D eigenvalue weighted by molar-refractivity contribution is -0.343. The van der Waals surface area contributed by atoms with E-state index in [-0.39, 0.29) is 5.69 Å². The van der Waals surface area contributed by atoms with Crippen LogP contribution in [0.1, 0.15) is 12.5 Å². The largest absolute Gasteiger partial charge is 0.460 e. The van der Waals surface area contributed by atoms with Gasteiger partial charge in [0, 0.05) is 5.69 Å². The summed E-state index contributed by atoms with van der Waals surface area (Å²) in [6.07, 6.45) is -5.95. The molecule has 0 heterocycles. The molecule has 1 aromatic carbocycles. The van der Waals surface area contributed by atoms with Crippen molar-refractivity contribution in [2.75, 3.05) is 5.32 Å². The van der Waals surface area contributed by atoms with E-state index in [1.54, 1.807) is 6.92 Å². The maximum Gasteiger partial charge on any atom is 0.460 e. The smallest absolute Gasteiger partial charge is 0.321 e. The molecule has 1 aromatic rings. The lowest BCUT2D eigenvalue weighted by Gasteiger charge is -2.27. The van der Waals surface area contributed by atoms with Crippen molar-refractivity contribution in [3.05, 3.63) is 29.8 Å². The summed E-state index contributed by atoms with van der Waals surface area (Å²) in [6, 6.07) is 5.07. The first kappa shape index (κ1) is 17.3. The Balaban J connectivity index is 2.96. The van der Waals surface area contributed by atoms with Crippen LogP contribution in [-0.2, 0) is 11.2 Å². The third kappa shape index (κ3) is 3.27. The van der Waals surface area contributed by atoms with Crippen LogP contribution in [0, 0.1) is 0 Å². The summed E-state index contributed by atoms with van der Waals surface area (Å²) >= 11 is 0. The summed E-state index contributed by atoms with van der Waals surface area (Å²) in [4.78, 5) is 11.0. The highest BCUT2D eigenvalue weighted by atomic mass is 19.4. The Morgan fingerprint density at radius 3 is 1.86 bits per heavy atom. The van der Waals surface area contributed by atoms with Crippen LogP contribution in [0.2, 0.25) is 0 Å². The molecular formula is C12H10F7NO. The molecule has 0 bridgehead atoms. The van der Waals surface area contributed by atoms with Crippen molar-refractivity contribution >= 4 is 11.6 Å². The minimum absolute atomic E-state index is 0.310. The van der Waals surface area contributed by atoms with Gasteiger partial charge in [-0.3, -0.25) is 4.79 Å². The number of halogens is 7. The summed E-state index contributed by atoms with van der Waals surface area (Å²) in [5.74, 6) is -15.1. The molecule has 1 rings (SSSR count). The first-order valence-electron chi connectivity index (χ1n) is 5.66. The van der Waals surface area contributed by atoms with E-state index in [0.29, 0.717) is 6.42 Å². The van der Waals surface area contributed by atoms with Crippen LogP contribution >= 0.6 is 0 Å². The van der Waals surface area contributed by atoms with Crippen LogP contribution in [0.25, 0.3) is 0 Å². The topological polar surface area (TPSA) is 29.1 Å². The van der Waals surface area contributed by atoms with Crippen molar-refractivity contribution in [3.63, 3.8) is 0 Å². The zero-order valence-corrected chi connectivity index (χ0v) is 10.6. The Morgan fingerprint density at radius 2 is 1.48 bits per heavy atom. The number of benzene rings is 1. The SMILES string of the molecule is CCc1ccc(NC(=O)C(F)(F)C(F)(F)C(F)(F)F)cc1. The van der Waals surface area contributed by atoms with E-state index in [4.69, 9.17) is 0 Å². The number of nitrogens with one attached hydrogen (secondary N) is 1. The predicted octanol–water partition coefficient (Wildman–Crippen LogP) is 4.02. The summed E-state index contributed by atoms with van der Waals surface area (Å²) in [5.41, 5.74) is 0.454. The van der Waals surface area contributed by atoms with Crippen LogP contribution in [0.5, 0.6) is 0 Å². The number of carbonyl (C=O) groups excluding carboxylic acids is 1. The summed E-state index contributed by atoms with van der Waals surface area (Å²) in [5, 5.41) is 1.34. The van der Waals surface area contributed by atoms with Gasteiger partial charge in [0.1, 0.15) is 0 Å². The number of anilines is 1. The Kier molecular flexibility index (Phi) is 4.54. The molecule has 1 amide bonds. The molecule has 2 nitrogen and oxygen atoms in total. The molecule has 0 unspecified atom stereocenters. The first-order valence-corrected chi connectivity index (χ1v) is 5.66. The number of amides is 1. The van der Waals surface area contributed by atoms with Crippen LogP contribution in [0.3, 0.4) is 0 Å². The van der Waals surface area contributed by atoms with E-state index in [1.807, 2.05) is 0 Å². The third-order valence-corrected chi connectivity index (χ3v) is 2.66. The van der Waals surface area contributed by atoms with Crippen molar-refractivity contribution in [1.82, 2.24) is 0 Å². The van der Waals surface area contributed by atoms with Gasteiger partial charge in [-0.2, -0.15) is 30.7 Å². The average Bonchev–Trinajstić information content (AvgIpc) is 2.38. The zero-order valence-electron chi connectivity index (χ0n) is 10.6. The van der Waals surface area contributed by atoms with Crippen molar-refractivity contribution in [2.24, 2.45) is 0 Å². The van der Waals surface area contributed by atoms with Gasteiger partial charge in [0.15, 0.2) is 0 Å². The van der Waals surface area contributed by atoms with Crippen LogP contribution in [0.15, 0.2) is 24.3 Å². The predicted molar refractivity (Wildman–Crippen MR) is 60.4 cm³/mol. The second kappa shape index (κ2) is 5.53. The van der Waals surface area contributed by atoms with Gasteiger partial charge in [0.05, 0.1) is 0 Å². The van der Waals surface area contributed by atoms with Gasteiger partial charge < -0.3 is 5.32 Å². The summed E-state index contributed by atoms with van der Waals surface area (Å²) < 4.78 is 87.1. The van der Waals surface area contributed by atoms with E-state index in [1.165, 1.54) is 17.4 Å². The maximum atomic E-state index is 13.0. The van der Waals surface area contributed by atoms with Gasteiger partial charge >= 0.3 is 23.9 Å². The third-order valence-electron chi connectivity index (χ3n) is 2.66. The van der Waals surface area contributed by atoms with E-state index >= 15 is 0 Å². The van der Waals surface area contributed by atoms with Gasteiger partial charge in [0.25, 0.3) is 0 Å². The van der Waals surface area contributed by atoms with Crippen molar-refractivity contribution in [3.8, 4) is 0 Å². The fourth-order valence-corrected chi connectivity index (χ4v) is 1.35. The second-order valence-electron chi connectivity index (χ2n) is 4.15. The van der Waals surface area contributed by atoms with Crippen LogP contribution < -0.4 is 5.32 Å². The number of carbonyl (C=O) groups is 1. The molecule has 0 aliphatic heterocycles. The summed E-state index contributed by atoms with van der Waals surface area (Å²) in [6.45, 7) is 1.78. The van der Waals surface area contributed by atoms with E-state index in [9.17, 15) is 35.5 Å². The molecule has 0 aliphatic rings. The number of hydrogen-bond donors (Lipinski definition) is 1. The molecule has 0 saturated heterocycles. The molecule has 0 fully saturated rings. The first-order chi connectivity index (χ1) is 9.43. The average molecular weight is 317 g/mol. The highest BCUT2D eigenvalue weighted by Gasteiger charge is 2.76. The molecule has 0 spiro atoms. The highest BCUT2D eigenvalue weighted by molar-refractivity contribution is 5.97. The lowest BCUT2D eigenvalue weighted by Crippen LogP contribution is -2.57. The normalized spacial score (nSPS) is 13.1. The fraction of sp³-hybridized carbons (Fsp3) is 0.417. The van der Waals surface area contributed by atoms with Crippen molar-refractivity contribution in [2.45, 2.75) is 31.4 Å². The molecule has 0 saturated carbocycles. The number of rotatable bonds is 4. The number of hydrogen-bond acceptors (Lipinski definition) is 1. The minimum Gasteiger partial charge on any atom is -0.321 e. The van der Waals surface area contributed by atoms with Gasteiger partial charge in [0.2, 0.25) is 0 Å². The molecule has 118 valence electrons. The van der Waals surface area contributed by atoms with Gasteiger partial charge in [-0.15, -0.1) is 0 Å². The molecule has 0 atom stereocenters. The van der Waals surface area contributed by atoms with E-state index in [2.05, 4.69) is 0 Å². The maximum absolute atomic E-state index is 13.0. The van der Waals surface area contributed by atoms with E-state index < -0.39 is 23.9 Å². The Morgan fingerprint density at radius 1 is 1.00 bits per heavy atom. The lowest BCUT2D eigenvalue weighted by atomic mass is 10.1. The molecular weight excluding hydrogens is 307 g/mol. The number of aryl methyl sites for hydroxylation is 1. The second-order valence-corrected chi connectivity index (χ2v) is 4.15. The highest BCUT2D eigenvalue weighted by Crippen LogP contribution is 2.46. The van der Waals surface area contributed by atoms with Crippen molar-refractivity contribution < 1.29 is 35.5 Å². The Bertz CT molecular complexity index is 507. The standard InChI is InChI=1S/C12H10F7NO/c1-2-7-3-5-8(6-4-7)20-9(21)10(13,14)11(15,16)12(17,18)19/h3-6H,2H2,1H3,(H,20,21). The molecule has 0 aromatic heterocycles. The Labute approximate surface area is 114 Å². The molecule has 1 N–H and O–H groups in total. The number of alkyl halides is 7. The molecule has 0 aliphatic carbocycles. The Hall–Kier alpha value is -1.80. The summed E-state index contributed by atoms with van der Waals surface area (Å²) in [7, 11) is 0. The van der Waals surface area contributed by atoms with Crippen LogP contribution in [0.4, 0.5) is 36.4 Å². The van der Waals surface area contributed by atoms with Crippen LogP contribution in [-0.4, -0.2) is 23.9 Å². The van der Waals surface area contributed by atoms with Gasteiger partial charge in [-0.05, 0) is 24.1 Å². The quantitative estimate of drug-likeness (QED) is 0.835. The van der Waals surface area contributed by atoms with Crippen molar-refractivity contribution in [1.29, 1.82) is 0 Å². The minimum atomic E-state index is -6.54. The van der Waals surface area contributed by atoms with Gasteiger partial charge in [-0.25, -0.2) is 0 Å². The molecule has 21 heavy (non-hydrogen) atoms. The van der Waals surface area contributed by atoms with Gasteiger partial charge in [-0.1, -0.05) is 19.1 Å². The molecule has 0 radical (unpaired) electrons. The van der Waals surface area contributed by atoms with E-state index in [0.717, 1.165) is 17.7 Å². The fourth-order valence-electron chi connectivity index (χ4n) is 1.35. The molecule has 9 heteroatoms. The monoisotopic (exact) mass is 317 g/mol. The zero-order chi connectivity index (χ0) is 16.5.